The number of hydrogen-bond donors (Lipinski definition) is 1. The molecule has 2 rings (SSSR count). The van der Waals surface area contributed by atoms with Crippen molar-refractivity contribution in [1.29, 1.82) is 0 Å². The number of hydrogen-bond acceptors (Lipinski definition) is 3. The van der Waals surface area contributed by atoms with Crippen molar-refractivity contribution < 1.29 is 17.9 Å². The van der Waals surface area contributed by atoms with Crippen LogP contribution in [-0.2, 0) is 30.2 Å². The Balaban J connectivity index is 2.26. The van der Waals surface area contributed by atoms with Crippen LogP contribution in [0.25, 0.3) is 0 Å². The lowest BCUT2D eigenvalue weighted by Crippen LogP contribution is -2.26. The van der Waals surface area contributed by atoms with Crippen LogP contribution in [0, 0.1) is 5.82 Å². The summed E-state index contributed by atoms with van der Waals surface area (Å²) in [5.41, 5.74) is 1.08. The molecular weight excluding hydrogens is 295 g/mol. The van der Waals surface area contributed by atoms with Gasteiger partial charge in [0.2, 0.25) is 10.0 Å². The Bertz CT molecular complexity index is 740. The second-order valence-electron chi connectivity index (χ2n) is 4.83. The molecule has 0 amide bonds. The van der Waals surface area contributed by atoms with Crippen molar-refractivity contribution >= 4 is 10.0 Å². The highest BCUT2D eigenvalue weighted by Crippen LogP contribution is 2.19. The van der Waals surface area contributed by atoms with E-state index in [1.165, 1.54) is 37.5 Å². The molecule has 0 spiro atoms. The second kappa shape index (κ2) is 5.97. The van der Waals surface area contributed by atoms with Gasteiger partial charge in [0.15, 0.2) is 0 Å². The zero-order chi connectivity index (χ0) is 15.6. The Hall–Kier alpha value is -1.70. The second-order valence-corrected chi connectivity index (χ2v) is 6.87. The molecule has 7 heteroatoms. The van der Waals surface area contributed by atoms with Crippen molar-refractivity contribution in [2.24, 2.45) is 7.05 Å². The number of aliphatic hydroxyl groups is 1. The zero-order valence-corrected chi connectivity index (χ0v) is 12.6. The van der Waals surface area contributed by atoms with E-state index in [4.69, 9.17) is 5.11 Å². The third-order valence-electron chi connectivity index (χ3n) is 3.25. The number of aryl methyl sites for hydroxylation is 1. The Morgan fingerprint density at radius 3 is 2.62 bits per heavy atom. The molecule has 2 aromatic rings. The molecule has 21 heavy (non-hydrogen) atoms. The number of sulfonamides is 1. The first-order chi connectivity index (χ1) is 9.84. The molecule has 0 aliphatic heterocycles. The van der Waals surface area contributed by atoms with E-state index in [-0.39, 0.29) is 18.0 Å². The average molecular weight is 312 g/mol. The minimum absolute atomic E-state index is 0.0729. The van der Waals surface area contributed by atoms with E-state index in [0.29, 0.717) is 11.3 Å². The Kier molecular flexibility index (Phi) is 4.46. The molecule has 0 bridgehead atoms. The van der Waals surface area contributed by atoms with Gasteiger partial charge >= 0.3 is 0 Å². The van der Waals surface area contributed by atoms with E-state index in [0.717, 1.165) is 4.31 Å². The molecule has 0 saturated carbocycles. The Labute approximate surface area is 123 Å². The highest BCUT2D eigenvalue weighted by Gasteiger charge is 2.23. The van der Waals surface area contributed by atoms with Gasteiger partial charge in [-0.15, -0.1) is 0 Å². The van der Waals surface area contributed by atoms with Crippen LogP contribution < -0.4 is 0 Å². The van der Waals surface area contributed by atoms with Crippen LogP contribution in [0.15, 0.2) is 41.4 Å². The normalized spacial score (nSPS) is 12.0. The quantitative estimate of drug-likeness (QED) is 0.909. The van der Waals surface area contributed by atoms with Gasteiger partial charge in [-0.3, -0.25) is 0 Å². The fourth-order valence-corrected chi connectivity index (χ4v) is 3.29. The van der Waals surface area contributed by atoms with Crippen molar-refractivity contribution in [2.75, 3.05) is 7.05 Å². The Morgan fingerprint density at radius 2 is 2.05 bits per heavy atom. The third kappa shape index (κ3) is 3.31. The minimum atomic E-state index is -3.68. The number of rotatable bonds is 5. The van der Waals surface area contributed by atoms with Gasteiger partial charge in [-0.25, -0.2) is 12.8 Å². The van der Waals surface area contributed by atoms with Crippen LogP contribution in [0.5, 0.6) is 0 Å². The molecule has 0 aliphatic carbocycles. The van der Waals surface area contributed by atoms with E-state index in [1.54, 1.807) is 17.7 Å². The highest BCUT2D eigenvalue weighted by molar-refractivity contribution is 7.89. The number of aliphatic hydroxyl groups excluding tert-OH is 1. The van der Waals surface area contributed by atoms with E-state index < -0.39 is 15.8 Å². The summed E-state index contributed by atoms with van der Waals surface area (Å²) < 4.78 is 40.7. The van der Waals surface area contributed by atoms with Crippen LogP contribution >= 0.6 is 0 Å². The predicted octanol–water partition coefficient (Wildman–Crippen LogP) is 1.48. The number of aromatic nitrogens is 1. The fourth-order valence-electron chi connectivity index (χ4n) is 2.03. The van der Waals surface area contributed by atoms with Crippen molar-refractivity contribution in [3.8, 4) is 0 Å². The summed E-state index contributed by atoms with van der Waals surface area (Å²) in [6.45, 7) is -0.164. The molecule has 0 radical (unpaired) electrons. The summed E-state index contributed by atoms with van der Waals surface area (Å²) in [6.07, 6.45) is 1.45. The summed E-state index contributed by atoms with van der Waals surface area (Å²) in [6, 6.07) is 7.24. The molecule has 0 fully saturated rings. The number of nitrogens with zero attached hydrogens (tertiary/aromatic N) is 2. The molecule has 0 atom stereocenters. The lowest BCUT2D eigenvalue weighted by Gasteiger charge is -2.16. The molecule has 1 aromatic carbocycles. The molecule has 114 valence electrons. The van der Waals surface area contributed by atoms with Crippen molar-refractivity contribution in [3.63, 3.8) is 0 Å². The van der Waals surface area contributed by atoms with Crippen LogP contribution in [-0.4, -0.2) is 29.4 Å². The van der Waals surface area contributed by atoms with Crippen molar-refractivity contribution in [2.45, 2.75) is 18.0 Å². The van der Waals surface area contributed by atoms with Gasteiger partial charge in [0.1, 0.15) is 10.7 Å². The van der Waals surface area contributed by atoms with Crippen molar-refractivity contribution in [1.82, 2.24) is 8.87 Å². The third-order valence-corrected chi connectivity index (χ3v) is 5.02. The summed E-state index contributed by atoms with van der Waals surface area (Å²) in [7, 11) is -0.583. The molecule has 1 aromatic heterocycles. The van der Waals surface area contributed by atoms with E-state index in [1.807, 2.05) is 0 Å². The van der Waals surface area contributed by atoms with Gasteiger partial charge in [0.25, 0.3) is 0 Å². The SMILES string of the molecule is CN(Cc1cccc(F)c1)S(=O)(=O)c1cc(CO)n(C)c1. The number of benzene rings is 1. The largest absolute Gasteiger partial charge is 0.390 e. The van der Waals surface area contributed by atoms with Crippen molar-refractivity contribution in [3.05, 3.63) is 53.6 Å². The maximum atomic E-state index is 13.1. The molecule has 1 heterocycles. The zero-order valence-electron chi connectivity index (χ0n) is 11.8. The molecule has 5 nitrogen and oxygen atoms in total. The topological polar surface area (TPSA) is 62.5 Å². The first-order valence-corrected chi connectivity index (χ1v) is 7.75. The first-order valence-electron chi connectivity index (χ1n) is 6.31. The van der Waals surface area contributed by atoms with Gasteiger partial charge in [0, 0.05) is 32.5 Å². The molecule has 0 saturated heterocycles. The minimum Gasteiger partial charge on any atom is -0.390 e. The van der Waals surface area contributed by atoms with E-state index in [2.05, 4.69) is 0 Å². The Morgan fingerprint density at radius 1 is 1.33 bits per heavy atom. The van der Waals surface area contributed by atoms with Crippen LogP contribution in [0.4, 0.5) is 4.39 Å². The van der Waals surface area contributed by atoms with Crippen LogP contribution in [0.3, 0.4) is 0 Å². The average Bonchev–Trinajstić information content (AvgIpc) is 2.80. The smallest absolute Gasteiger partial charge is 0.244 e. The van der Waals surface area contributed by atoms with E-state index in [9.17, 15) is 12.8 Å². The maximum absolute atomic E-state index is 13.1. The molecule has 1 N–H and O–H groups in total. The maximum Gasteiger partial charge on any atom is 0.244 e. The predicted molar refractivity (Wildman–Crippen MR) is 76.4 cm³/mol. The summed E-state index contributed by atoms with van der Waals surface area (Å²) in [5.74, 6) is -0.402. The monoisotopic (exact) mass is 312 g/mol. The molecular formula is C14H17FN2O3S. The summed E-state index contributed by atoms with van der Waals surface area (Å²) in [5, 5.41) is 9.13. The highest BCUT2D eigenvalue weighted by atomic mass is 32.2. The standard InChI is InChI=1S/C14H17FN2O3S/c1-16-9-14(7-13(16)10-18)21(19,20)17(2)8-11-4-3-5-12(15)6-11/h3-7,9,18H,8,10H2,1-2H3. The van der Waals surface area contributed by atoms with Crippen LogP contribution in [0.2, 0.25) is 0 Å². The lowest BCUT2D eigenvalue weighted by molar-refractivity contribution is 0.272. The fraction of sp³-hybridized carbons (Fsp3) is 0.286. The van der Waals surface area contributed by atoms with Gasteiger partial charge in [-0.05, 0) is 23.8 Å². The number of halogens is 1. The van der Waals surface area contributed by atoms with Gasteiger partial charge < -0.3 is 9.67 Å². The lowest BCUT2D eigenvalue weighted by atomic mass is 10.2. The van der Waals surface area contributed by atoms with Gasteiger partial charge in [-0.1, -0.05) is 12.1 Å². The van der Waals surface area contributed by atoms with Gasteiger partial charge in [0.05, 0.1) is 6.61 Å². The van der Waals surface area contributed by atoms with Crippen LogP contribution in [0.1, 0.15) is 11.3 Å². The first kappa shape index (κ1) is 15.7. The summed E-state index contributed by atoms with van der Waals surface area (Å²) in [4.78, 5) is 0.105. The van der Waals surface area contributed by atoms with Gasteiger partial charge in [-0.2, -0.15) is 4.31 Å². The molecule has 0 aliphatic rings. The summed E-state index contributed by atoms with van der Waals surface area (Å²) >= 11 is 0. The van der Waals surface area contributed by atoms with E-state index >= 15 is 0 Å². The molecule has 0 unspecified atom stereocenters.